The summed E-state index contributed by atoms with van der Waals surface area (Å²) in [5.74, 6) is 0.0768. The largest absolute Gasteiger partial charge is 0.354 e. The molecule has 4 nitrogen and oxygen atoms in total. The highest BCUT2D eigenvalue weighted by Gasteiger charge is 2.19. The number of rotatable bonds is 6. The first-order valence-corrected chi connectivity index (χ1v) is 5.59. The van der Waals surface area contributed by atoms with Crippen LogP contribution in [0.4, 0.5) is 0 Å². The Morgan fingerprint density at radius 3 is 2.20 bits per heavy atom. The van der Waals surface area contributed by atoms with Crippen molar-refractivity contribution in [2.45, 2.75) is 52.2 Å². The minimum absolute atomic E-state index is 0.0768. The van der Waals surface area contributed by atoms with Crippen molar-refractivity contribution in [3.63, 3.8) is 0 Å². The summed E-state index contributed by atoms with van der Waals surface area (Å²) in [6.45, 7) is 8.63. The van der Waals surface area contributed by atoms with Gasteiger partial charge >= 0.3 is 0 Å². The number of likely N-dealkylation sites (N-methyl/N-ethyl adjacent to an activating group) is 1. The number of carbonyl (C=O) groups is 1. The molecule has 0 rings (SSSR count). The van der Waals surface area contributed by atoms with E-state index in [-0.39, 0.29) is 18.0 Å². The summed E-state index contributed by atoms with van der Waals surface area (Å²) in [5.41, 5.74) is 5.67. The summed E-state index contributed by atoms with van der Waals surface area (Å²) in [7, 11) is 2.00. The van der Waals surface area contributed by atoms with Gasteiger partial charge in [0.2, 0.25) is 5.91 Å². The molecule has 0 aromatic rings. The van der Waals surface area contributed by atoms with Crippen LogP contribution in [0.15, 0.2) is 0 Å². The predicted molar refractivity (Wildman–Crippen MR) is 63.6 cm³/mol. The first-order valence-electron chi connectivity index (χ1n) is 5.59. The van der Waals surface area contributed by atoms with Gasteiger partial charge in [0, 0.05) is 31.1 Å². The predicted octanol–water partition coefficient (Wildman–Crippen LogP) is 0.569. The van der Waals surface area contributed by atoms with Gasteiger partial charge in [0.1, 0.15) is 0 Å². The second-order valence-corrected chi connectivity index (χ2v) is 4.58. The fraction of sp³-hybridized carbons (Fsp3) is 0.909. The number of amides is 1. The van der Waals surface area contributed by atoms with E-state index in [0.29, 0.717) is 19.0 Å². The van der Waals surface area contributed by atoms with Gasteiger partial charge in [0.15, 0.2) is 0 Å². The molecule has 0 aliphatic carbocycles. The first kappa shape index (κ1) is 14.4. The van der Waals surface area contributed by atoms with Crippen LogP contribution in [0.2, 0.25) is 0 Å². The number of nitrogens with two attached hydrogens (primary N) is 1. The van der Waals surface area contributed by atoms with Crippen molar-refractivity contribution in [3.8, 4) is 0 Å². The van der Waals surface area contributed by atoms with Crippen molar-refractivity contribution >= 4 is 5.91 Å². The molecule has 0 fully saturated rings. The monoisotopic (exact) mass is 215 g/mol. The molecular weight excluding hydrogens is 190 g/mol. The van der Waals surface area contributed by atoms with Crippen LogP contribution in [0.1, 0.15) is 34.1 Å². The van der Waals surface area contributed by atoms with Gasteiger partial charge in [-0.05, 0) is 34.7 Å². The fourth-order valence-corrected chi connectivity index (χ4v) is 1.41. The summed E-state index contributed by atoms with van der Waals surface area (Å²) >= 11 is 0. The van der Waals surface area contributed by atoms with Crippen LogP contribution in [0.5, 0.6) is 0 Å². The van der Waals surface area contributed by atoms with Crippen molar-refractivity contribution in [3.05, 3.63) is 0 Å². The van der Waals surface area contributed by atoms with Crippen LogP contribution in [-0.2, 0) is 4.79 Å². The molecule has 0 spiro atoms. The molecule has 0 saturated heterocycles. The van der Waals surface area contributed by atoms with Crippen LogP contribution in [0.25, 0.3) is 0 Å². The minimum Gasteiger partial charge on any atom is -0.354 e. The third-order valence-electron chi connectivity index (χ3n) is 2.53. The Kier molecular flexibility index (Phi) is 6.52. The normalized spacial score (nSPS) is 13.7. The number of nitrogens with zero attached hydrogens (tertiary/aromatic N) is 1. The van der Waals surface area contributed by atoms with Gasteiger partial charge in [-0.3, -0.25) is 9.69 Å². The van der Waals surface area contributed by atoms with E-state index in [1.807, 2.05) is 20.9 Å². The molecule has 4 heteroatoms. The molecule has 1 amide bonds. The second kappa shape index (κ2) is 6.80. The van der Waals surface area contributed by atoms with Gasteiger partial charge in [-0.25, -0.2) is 0 Å². The molecule has 90 valence electrons. The van der Waals surface area contributed by atoms with Gasteiger partial charge in [0.05, 0.1) is 0 Å². The summed E-state index contributed by atoms with van der Waals surface area (Å²) < 4.78 is 0. The smallest absolute Gasteiger partial charge is 0.221 e. The average Bonchev–Trinajstić information content (AvgIpc) is 2.11. The second-order valence-electron chi connectivity index (χ2n) is 4.58. The number of nitrogens with one attached hydrogen (secondary N) is 1. The molecule has 0 saturated carbocycles. The number of hydrogen-bond donors (Lipinski definition) is 2. The van der Waals surface area contributed by atoms with Crippen molar-refractivity contribution in [1.82, 2.24) is 10.2 Å². The van der Waals surface area contributed by atoms with Gasteiger partial charge in [-0.2, -0.15) is 0 Å². The molecule has 0 bridgehead atoms. The molecule has 1 unspecified atom stereocenters. The lowest BCUT2D eigenvalue weighted by Gasteiger charge is -2.30. The summed E-state index contributed by atoms with van der Waals surface area (Å²) in [5, 5.41) is 2.88. The Morgan fingerprint density at radius 1 is 1.33 bits per heavy atom. The quantitative estimate of drug-likeness (QED) is 0.681. The third kappa shape index (κ3) is 5.74. The lowest BCUT2D eigenvalue weighted by Crippen LogP contribution is -2.45. The Morgan fingerprint density at radius 2 is 1.87 bits per heavy atom. The van der Waals surface area contributed by atoms with Gasteiger partial charge in [0.25, 0.3) is 0 Å². The molecule has 15 heavy (non-hydrogen) atoms. The van der Waals surface area contributed by atoms with Crippen LogP contribution in [-0.4, -0.2) is 42.5 Å². The minimum atomic E-state index is 0.0768. The SMILES string of the molecule is CC(C)NC(=O)CC(CN)N(C)C(C)C. The Hall–Kier alpha value is -0.610. The molecule has 0 radical (unpaired) electrons. The van der Waals surface area contributed by atoms with Crippen LogP contribution < -0.4 is 11.1 Å². The Balaban J connectivity index is 4.15. The van der Waals surface area contributed by atoms with Crippen molar-refractivity contribution < 1.29 is 4.79 Å². The number of hydrogen-bond acceptors (Lipinski definition) is 3. The van der Waals surface area contributed by atoms with Gasteiger partial charge < -0.3 is 11.1 Å². The van der Waals surface area contributed by atoms with Gasteiger partial charge in [-0.15, -0.1) is 0 Å². The fourth-order valence-electron chi connectivity index (χ4n) is 1.41. The van der Waals surface area contributed by atoms with E-state index >= 15 is 0 Å². The zero-order chi connectivity index (χ0) is 12.0. The first-order chi connectivity index (χ1) is 6.88. The van der Waals surface area contributed by atoms with E-state index in [0.717, 1.165) is 0 Å². The van der Waals surface area contributed by atoms with Crippen molar-refractivity contribution in [2.75, 3.05) is 13.6 Å². The molecule has 3 N–H and O–H groups in total. The highest BCUT2D eigenvalue weighted by Crippen LogP contribution is 2.05. The zero-order valence-electron chi connectivity index (χ0n) is 10.6. The van der Waals surface area contributed by atoms with Gasteiger partial charge in [-0.1, -0.05) is 0 Å². The van der Waals surface area contributed by atoms with Crippen LogP contribution in [0, 0.1) is 0 Å². The maximum Gasteiger partial charge on any atom is 0.221 e. The van der Waals surface area contributed by atoms with E-state index < -0.39 is 0 Å². The van der Waals surface area contributed by atoms with Crippen LogP contribution >= 0.6 is 0 Å². The summed E-state index contributed by atoms with van der Waals surface area (Å²) in [6, 6.07) is 0.731. The molecule has 0 aromatic heterocycles. The lowest BCUT2D eigenvalue weighted by atomic mass is 10.1. The highest BCUT2D eigenvalue weighted by atomic mass is 16.1. The van der Waals surface area contributed by atoms with E-state index in [1.54, 1.807) is 0 Å². The lowest BCUT2D eigenvalue weighted by molar-refractivity contribution is -0.122. The highest BCUT2D eigenvalue weighted by molar-refractivity contribution is 5.76. The summed E-state index contributed by atoms with van der Waals surface area (Å²) in [6.07, 6.45) is 0.476. The van der Waals surface area contributed by atoms with E-state index in [2.05, 4.69) is 24.1 Å². The van der Waals surface area contributed by atoms with E-state index in [1.165, 1.54) is 0 Å². The molecule has 1 atom stereocenters. The van der Waals surface area contributed by atoms with Crippen molar-refractivity contribution in [1.29, 1.82) is 0 Å². The van der Waals surface area contributed by atoms with E-state index in [9.17, 15) is 4.79 Å². The maximum atomic E-state index is 11.6. The zero-order valence-corrected chi connectivity index (χ0v) is 10.6. The summed E-state index contributed by atoms with van der Waals surface area (Å²) in [4.78, 5) is 13.7. The standard InChI is InChI=1S/C11H25N3O/c1-8(2)13-11(15)6-10(7-12)14(5)9(3)4/h8-10H,6-7,12H2,1-5H3,(H,13,15). The van der Waals surface area contributed by atoms with E-state index in [4.69, 9.17) is 5.73 Å². The Labute approximate surface area is 93.2 Å². The maximum absolute atomic E-state index is 11.6. The molecule has 0 aliphatic rings. The average molecular weight is 215 g/mol. The van der Waals surface area contributed by atoms with Crippen molar-refractivity contribution in [2.24, 2.45) is 5.73 Å². The molecule has 0 aliphatic heterocycles. The third-order valence-corrected chi connectivity index (χ3v) is 2.53. The van der Waals surface area contributed by atoms with Crippen LogP contribution in [0.3, 0.4) is 0 Å². The molecule has 0 aromatic carbocycles. The topological polar surface area (TPSA) is 58.4 Å². The molecule has 0 heterocycles. The number of carbonyl (C=O) groups excluding carboxylic acids is 1. The molecular formula is C11H25N3O. The Bertz CT molecular complexity index is 192.